The minimum absolute atomic E-state index is 0.0617. The highest BCUT2D eigenvalue weighted by molar-refractivity contribution is 6.08. The molecule has 0 bridgehead atoms. The van der Waals surface area contributed by atoms with Crippen LogP contribution >= 0.6 is 0 Å². The number of anilines is 3. The van der Waals surface area contributed by atoms with E-state index in [-0.39, 0.29) is 5.91 Å². The van der Waals surface area contributed by atoms with Crippen molar-refractivity contribution in [2.45, 2.75) is 6.42 Å². The molecule has 0 spiro atoms. The molecule has 0 aliphatic carbocycles. The second-order valence-corrected chi connectivity index (χ2v) is 7.41. The van der Waals surface area contributed by atoms with Crippen molar-refractivity contribution in [3.05, 3.63) is 71.8 Å². The van der Waals surface area contributed by atoms with Crippen molar-refractivity contribution in [2.24, 2.45) is 0 Å². The first kappa shape index (κ1) is 22.0. The monoisotopic (exact) mass is 447 g/mol. The number of methoxy groups -OCH3 is 3. The summed E-state index contributed by atoms with van der Waals surface area (Å²) < 4.78 is 16.0. The molecular formula is C25H25N3O5. The molecule has 3 aromatic carbocycles. The Morgan fingerprint density at radius 3 is 2.12 bits per heavy atom. The van der Waals surface area contributed by atoms with Crippen LogP contribution in [0.3, 0.4) is 0 Å². The van der Waals surface area contributed by atoms with Crippen LogP contribution in [0.2, 0.25) is 0 Å². The average Bonchev–Trinajstić information content (AvgIpc) is 3.26. The summed E-state index contributed by atoms with van der Waals surface area (Å²) >= 11 is 0. The Hall–Kier alpha value is -4.20. The zero-order valence-corrected chi connectivity index (χ0v) is 18.7. The van der Waals surface area contributed by atoms with Crippen molar-refractivity contribution in [1.29, 1.82) is 0 Å². The number of fused-ring (bicyclic) bond motifs is 1. The number of nitrogens with zero attached hydrogens (tertiary/aromatic N) is 1. The number of ether oxygens (including phenoxy) is 3. The SMILES string of the molecule is COc1cc(NC(=O)Nc2ccc3c(c2)N(C(=O)c2ccccc2)CC3)cc(OC)c1OC. The molecule has 0 unspecified atom stereocenters. The van der Waals surface area contributed by atoms with Gasteiger partial charge in [-0.3, -0.25) is 4.79 Å². The maximum atomic E-state index is 12.9. The number of rotatable bonds is 6. The molecule has 8 nitrogen and oxygen atoms in total. The zero-order valence-electron chi connectivity index (χ0n) is 18.7. The molecule has 0 saturated heterocycles. The van der Waals surface area contributed by atoms with Gasteiger partial charge in [0.25, 0.3) is 5.91 Å². The van der Waals surface area contributed by atoms with E-state index in [1.807, 2.05) is 36.4 Å². The molecule has 1 aliphatic heterocycles. The highest BCUT2D eigenvalue weighted by Gasteiger charge is 2.26. The summed E-state index contributed by atoms with van der Waals surface area (Å²) in [5.41, 5.74) is 3.55. The average molecular weight is 447 g/mol. The lowest BCUT2D eigenvalue weighted by Crippen LogP contribution is -2.29. The third-order valence-corrected chi connectivity index (χ3v) is 5.43. The Morgan fingerprint density at radius 2 is 1.48 bits per heavy atom. The number of benzene rings is 3. The Balaban J connectivity index is 1.51. The lowest BCUT2D eigenvalue weighted by molar-refractivity contribution is 0.0989. The van der Waals surface area contributed by atoms with Gasteiger partial charge in [0.1, 0.15) is 0 Å². The van der Waals surface area contributed by atoms with Crippen LogP contribution in [0, 0.1) is 0 Å². The fourth-order valence-electron chi connectivity index (χ4n) is 3.85. The number of urea groups is 1. The molecule has 33 heavy (non-hydrogen) atoms. The number of hydrogen-bond acceptors (Lipinski definition) is 5. The predicted molar refractivity (Wildman–Crippen MR) is 127 cm³/mol. The lowest BCUT2D eigenvalue weighted by atomic mass is 10.1. The minimum Gasteiger partial charge on any atom is -0.493 e. The van der Waals surface area contributed by atoms with Crippen molar-refractivity contribution in [3.8, 4) is 17.2 Å². The van der Waals surface area contributed by atoms with Gasteiger partial charge in [-0.25, -0.2) is 4.79 Å². The summed E-state index contributed by atoms with van der Waals surface area (Å²) in [5, 5.41) is 5.59. The zero-order chi connectivity index (χ0) is 23.4. The standard InChI is InChI=1S/C25H25N3O5/c1-31-21-14-19(15-22(32-2)23(21)33-3)27-25(30)26-18-10-9-16-11-12-28(20(16)13-18)24(29)17-7-5-4-6-8-17/h4-10,13-15H,11-12H2,1-3H3,(H2,26,27,30). The van der Waals surface area contributed by atoms with Crippen molar-refractivity contribution >= 4 is 29.0 Å². The minimum atomic E-state index is -0.442. The predicted octanol–water partition coefficient (Wildman–Crippen LogP) is 4.56. The Kier molecular flexibility index (Phi) is 6.35. The molecule has 2 N–H and O–H groups in total. The molecule has 3 amide bonds. The Labute approximate surface area is 192 Å². The third-order valence-electron chi connectivity index (χ3n) is 5.43. The van der Waals surface area contributed by atoms with Crippen LogP contribution in [0.15, 0.2) is 60.7 Å². The van der Waals surface area contributed by atoms with Gasteiger partial charge in [-0.05, 0) is 36.2 Å². The molecule has 4 rings (SSSR count). The molecule has 3 aromatic rings. The summed E-state index contributed by atoms with van der Waals surface area (Å²) in [6, 6.07) is 17.6. The van der Waals surface area contributed by atoms with E-state index in [9.17, 15) is 9.59 Å². The summed E-state index contributed by atoms with van der Waals surface area (Å²) in [5.74, 6) is 1.24. The largest absolute Gasteiger partial charge is 0.493 e. The van der Waals surface area contributed by atoms with Crippen LogP contribution in [0.1, 0.15) is 15.9 Å². The van der Waals surface area contributed by atoms with Crippen LogP contribution < -0.4 is 29.7 Å². The van der Waals surface area contributed by atoms with Crippen LogP contribution in [-0.2, 0) is 6.42 Å². The second-order valence-electron chi connectivity index (χ2n) is 7.41. The van der Waals surface area contributed by atoms with Gasteiger partial charge in [-0.15, -0.1) is 0 Å². The number of hydrogen-bond donors (Lipinski definition) is 2. The van der Waals surface area contributed by atoms with E-state index in [2.05, 4.69) is 10.6 Å². The topological polar surface area (TPSA) is 89.1 Å². The fourth-order valence-corrected chi connectivity index (χ4v) is 3.85. The van der Waals surface area contributed by atoms with Crippen LogP contribution in [0.4, 0.5) is 21.9 Å². The summed E-state index contributed by atoms with van der Waals surface area (Å²) in [7, 11) is 4.53. The van der Waals surface area contributed by atoms with Crippen molar-refractivity contribution in [2.75, 3.05) is 43.4 Å². The maximum Gasteiger partial charge on any atom is 0.323 e. The summed E-state index contributed by atoms with van der Waals surface area (Å²) in [6.07, 6.45) is 0.770. The van der Waals surface area contributed by atoms with E-state index >= 15 is 0 Å². The number of carbonyl (C=O) groups excluding carboxylic acids is 2. The van der Waals surface area contributed by atoms with Crippen molar-refractivity contribution < 1.29 is 23.8 Å². The first-order valence-electron chi connectivity index (χ1n) is 10.4. The first-order chi connectivity index (χ1) is 16.0. The molecule has 0 atom stereocenters. The number of amides is 3. The molecular weight excluding hydrogens is 422 g/mol. The number of nitrogens with one attached hydrogen (secondary N) is 2. The molecule has 0 fully saturated rings. The molecule has 8 heteroatoms. The first-order valence-corrected chi connectivity index (χ1v) is 10.4. The van der Waals surface area contributed by atoms with E-state index in [1.54, 1.807) is 29.2 Å². The molecule has 170 valence electrons. The molecule has 0 aromatic heterocycles. The van der Waals surface area contributed by atoms with Gasteiger partial charge >= 0.3 is 6.03 Å². The summed E-state index contributed by atoms with van der Waals surface area (Å²) in [4.78, 5) is 27.3. The van der Waals surface area contributed by atoms with E-state index in [1.165, 1.54) is 21.3 Å². The van der Waals surface area contributed by atoms with Crippen LogP contribution in [-0.4, -0.2) is 39.8 Å². The summed E-state index contributed by atoms with van der Waals surface area (Å²) in [6.45, 7) is 0.601. The van der Waals surface area contributed by atoms with E-state index < -0.39 is 6.03 Å². The highest BCUT2D eigenvalue weighted by atomic mass is 16.5. The second kappa shape index (κ2) is 9.52. The van der Waals surface area contributed by atoms with E-state index in [0.717, 1.165) is 17.7 Å². The van der Waals surface area contributed by atoms with Crippen LogP contribution in [0.5, 0.6) is 17.2 Å². The Morgan fingerprint density at radius 1 is 0.818 bits per heavy atom. The molecule has 1 heterocycles. The van der Waals surface area contributed by atoms with Crippen LogP contribution in [0.25, 0.3) is 0 Å². The van der Waals surface area contributed by atoms with Crippen molar-refractivity contribution in [3.63, 3.8) is 0 Å². The Bertz CT molecular complexity index is 1150. The van der Waals surface area contributed by atoms with Gasteiger partial charge in [-0.1, -0.05) is 24.3 Å². The highest BCUT2D eigenvalue weighted by Crippen LogP contribution is 2.40. The molecule has 0 saturated carbocycles. The lowest BCUT2D eigenvalue weighted by Gasteiger charge is -2.18. The van der Waals surface area contributed by atoms with Gasteiger partial charge < -0.3 is 29.7 Å². The third kappa shape index (κ3) is 4.55. The van der Waals surface area contributed by atoms with Gasteiger partial charge in [-0.2, -0.15) is 0 Å². The fraction of sp³-hybridized carbons (Fsp3) is 0.200. The van der Waals surface area contributed by atoms with Gasteiger partial charge in [0, 0.05) is 35.6 Å². The maximum absolute atomic E-state index is 12.9. The molecule has 1 aliphatic rings. The van der Waals surface area contributed by atoms with Gasteiger partial charge in [0.05, 0.1) is 27.0 Å². The van der Waals surface area contributed by atoms with E-state index in [4.69, 9.17) is 14.2 Å². The van der Waals surface area contributed by atoms with Gasteiger partial charge in [0.15, 0.2) is 11.5 Å². The normalized spacial score (nSPS) is 12.0. The van der Waals surface area contributed by atoms with Gasteiger partial charge in [0.2, 0.25) is 5.75 Å². The smallest absolute Gasteiger partial charge is 0.323 e. The number of carbonyl (C=O) groups is 2. The quantitative estimate of drug-likeness (QED) is 0.578. The molecule has 0 radical (unpaired) electrons. The van der Waals surface area contributed by atoms with Crippen molar-refractivity contribution in [1.82, 2.24) is 0 Å². The van der Waals surface area contributed by atoms with E-state index in [0.29, 0.717) is 40.7 Å².